The average molecular weight is 367 g/mol. The molecule has 0 bridgehead atoms. The Labute approximate surface area is 159 Å². The van der Waals surface area contributed by atoms with Gasteiger partial charge in [-0.3, -0.25) is 9.59 Å². The van der Waals surface area contributed by atoms with E-state index < -0.39 is 12.1 Å². The molecule has 2 aromatic carbocycles. The zero-order valence-electron chi connectivity index (χ0n) is 15.6. The predicted molar refractivity (Wildman–Crippen MR) is 106 cm³/mol. The number of rotatable bonds is 8. The van der Waals surface area contributed by atoms with Crippen LogP contribution in [0.15, 0.2) is 54.6 Å². The summed E-state index contributed by atoms with van der Waals surface area (Å²) in [4.78, 5) is 24.7. The van der Waals surface area contributed by atoms with E-state index in [1.165, 1.54) is 7.11 Å². The molecule has 1 saturated carbocycles. The Bertz CT molecular complexity index is 790. The molecule has 0 aromatic heterocycles. The van der Waals surface area contributed by atoms with Gasteiger partial charge in [-0.05, 0) is 43.5 Å². The number of nitrogens with one attached hydrogen (secondary N) is 3. The zero-order chi connectivity index (χ0) is 19.2. The highest BCUT2D eigenvalue weighted by atomic mass is 16.5. The third-order valence-corrected chi connectivity index (χ3v) is 4.48. The van der Waals surface area contributed by atoms with Crippen LogP contribution in [0.4, 0.5) is 11.4 Å². The number of benzene rings is 2. The van der Waals surface area contributed by atoms with E-state index in [-0.39, 0.29) is 17.9 Å². The lowest BCUT2D eigenvalue weighted by atomic mass is 10.1. The number of carbonyl (C=O) groups excluding carboxylic acids is 2. The van der Waals surface area contributed by atoms with Gasteiger partial charge in [0.15, 0.2) is 0 Å². The molecular weight excluding hydrogens is 342 g/mol. The molecule has 1 aliphatic rings. The normalized spacial score (nSPS) is 15.5. The molecule has 27 heavy (non-hydrogen) atoms. The maximum absolute atomic E-state index is 12.7. The smallest absolute Gasteiger partial charge is 0.253 e. The molecule has 1 fully saturated rings. The van der Waals surface area contributed by atoms with Crippen LogP contribution in [0.2, 0.25) is 0 Å². The van der Waals surface area contributed by atoms with Gasteiger partial charge in [0.05, 0.1) is 0 Å². The SMILES string of the molecule is CO[C@@H](C)C(=O)Nc1cccc(N[C@@H](C(=O)NC2CC2)c2ccccc2)c1. The highest BCUT2D eigenvalue weighted by Crippen LogP contribution is 2.25. The Kier molecular flexibility index (Phi) is 6.08. The number of hydrogen-bond donors (Lipinski definition) is 3. The largest absolute Gasteiger partial charge is 0.372 e. The minimum atomic E-state index is -0.539. The van der Waals surface area contributed by atoms with Crippen molar-refractivity contribution in [3.63, 3.8) is 0 Å². The van der Waals surface area contributed by atoms with Crippen molar-refractivity contribution in [1.82, 2.24) is 5.32 Å². The molecule has 0 saturated heterocycles. The Morgan fingerprint density at radius 3 is 2.37 bits per heavy atom. The van der Waals surface area contributed by atoms with Crippen LogP contribution in [0.5, 0.6) is 0 Å². The second-order valence-electron chi connectivity index (χ2n) is 6.72. The second kappa shape index (κ2) is 8.68. The van der Waals surface area contributed by atoms with E-state index in [1.807, 2.05) is 42.5 Å². The molecule has 3 rings (SSSR count). The molecule has 142 valence electrons. The summed E-state index contributed by atoms with van der Waals surface area (Å²) in [6.45, 7) is 1.69. The first-order chi connectivity index (χ1) is 13.1. The van der Waals surface area contributed by atoms with Crippen molar-refractivity contribution in [2.24, 2.45) is 0 Å². The first-order valence-electron chi connectivity index (χ1n) is 9.12. The number of methoxy groups -OCH3 is 1. The molecule has 3 N–H and O–H groups in total. The molecule has 0 radical (unpaired) electrons. The van der Waals surface area contributed by atoms with E-state index in [2.05, 4.69) is 16.0 Å². The van der Waals surface area contributed by atoms with E-state index in [9.17, 15) is 9.59 Å². The van der Waals surface area contributed by atoms with Gasteiger partial charge in [-0.2, -0.15) is 0 Å². The van der Waals surface area contributed by atoms with Gasteiger partial charge in [0, 0.05) is 24.5 Å². The molecule has 6 heteroatoms. The summed E-state index contributed by atoms with van der Waals surface area (Å²) < 4.78 is 5.03. The lowest BCUT2D eigenvalue weighted by Gasteiger charge is -2.20. The first kappa shape index (κ1) is 18.9. The third-order valence-electron chi connectivity index (χ3n) is 4.48. The van der Waals surface area contributed by atoms with E-state index >= 15 is 0 Å². The Morgan fingerprint density at radius 2 is 1.70 bits per heavy atom. The lowest BCUT2D eigenvalue weighted by molar-refractivity contribution is -0.124. The molecule has 0 heterocycles. The van der Waals surface area contributed by atoms with Gasteiger partial charge in [0.25, 0.3) is 5.91 Å². The summed E-state index contributed by atoms with van der Waals surface area (Å²) in [5.41, 5.74) is 2.28. The molecule has 1 aliphatic carbocycles. The zero-order valence-corrected chi connectivity index (χ0v) is 15.6. The molecule has 2 atom stereocenters. The van der Waals surface area contributed by atoms with E-state index in [0.717, 1.165) is 24.1 Å². The number of amides is 2. The maximum atomic E-state index is 12.7. The molecule has 2 amide bonds. The number of hydrogen-bond acceptors (Lipinski definition) is 4. The summed E-state index contributed by atoms with van der Waals surface area (Å²) in [5, 5.41) is 9.16. The second-order valence-corrected chi connectivity index (χ2v) is 6.72. The van der Waals surface area contributed by atoms with E-state index in [1.54, 1.807) is 19.1 Å². The number of anilines is 2. The molecule has 0 unspecified atom stereocenters. The fraction of sp³-hybridized carbons (Fsp3) is 0.333. The molecule has 6 nitrogen and oxygen atoms in total. The van der Waals surface area contributed by atoms with Crippen LogP contribution in [0, 0.1) is 0 Å². The molecular formula is C21H25N3O3. The Morgan fingerprint density at radius 1 is 1.00 bits per heavy atom. The van der Waals surface area contributed by atoms with Crippen LogP contribution in [0.3, 0.4) is 0 Å². The standard InChI is InChI=1S/C21H25N3O3/c1-14(27-2)20(25)24-18-10-6-9-17(13-18)22-19(15-7-4-3-5-8-15)21(26)23-16-11-12-16/h3-10,13-14,16,19,22H,11-12H2,1-2H3,(H,23,26)(H,24,25)/t14-,19+/m0/s1. The van der Waals surface area contributed by atoms with Gasteiger partial charge >= 0.3 is 0 Å². The van der Waals surface area contributed by atoms with Crippen molar-refractivity contribution in [1.29, 1.82) is 0 Å². The number of ether oxygens (including phenoxy) is 1. The molecule has 2 aromatic rings. The Hall–Kier alpha value is -2.86. The van der Waals surface area contributed by atoms with Crippen molar-refractivity contribution in [3.05, 3.63) is 60.2 Å². The van der Waals surface area contributed by atoms with Gasteiger partial charge in [-0.25, -0.2) is 0 Å². The van der Waals surface area contributed by atoms with Crippen molar-refractivity contribution < 1.29 is 14.3 Å². The van der Waals surface area contributed by atoms with Crippen molar-refractivity contribution in [2.75, 3.05) is 17.7 Å². The first-order valence-corrected chi connectivity index (χ1v) is 9.12. The topological polar surface area (TPSA) is 79.5 Å². The summed E-state index contributed by atoms with van der Waals surface area (Å²) in [7, 11) is 1.49. The average Bonchev–Trinajstić information content (AvgIpc) is 3.50. The van der Waals surface area contributed by atoms with Gasteiger partial charge in [-0.1, -0.05) is 36.4 Å². The molecule has 0 aliphatic heterocycles. The van der Waals surface area contributed by atoms with E-state index in [4.69, 9.17) is 4.74 Å². The summed E-state index contributed by atoms with van der Waals surface area (Å²) >= 11 is 0. The lowest BCUT2D eigenvalue weighted by Crippen LogP contribution is -2.34. The predicted octanol–water partition coefficient (Wildman–Crippen LogP) is 3.09. The van der Waals surface area contributed by atoms with E-state index in [0.29, 0.717) is 5.69 Å². The van der Waals surface area contributed by atoms with Crippen molar-refractivity contribution in [3.8, 4) is 0 Å². The summed E-state index contributed by atoms with van der Waals surface area (Å²) in [6, 6.07) is 16.7. The van der Waals surface area contributed by atoms with Crippen LogP contribution < -0.4 is 16.0 Å². The van der Waals surface area contributed by atoms with Gasteiger partial charge in [0.1, 0.15) is 12.1 Å². The highest BCUT2D eigenvalue weighted by molar-refractivity contribution is 5.94. The highest BCUT2D eigenvalue weighted by Gasteiger charge is 2.28. The third kappa shape index (κ3) is 5.31. The minimum Gasteiger partial charge on any atom is -0.372 e. The van der Waals surface area contributed by atoms with Gasteiger partial charge < -0.3 is 20.7 Å². The monoisotopic (exact) mass is 367 g/mol. The fourth-order valence-electron chi connectivity index (χ4n) is 2.66. The maximum Gasteiger partial charge on any atom is 0.253 e. The Balaban J connectivity index is 1.76. The van der Waals surface area contributed by atoms with Crippen LogP contribution in [-0.2, 0) is 14.3 Å². The van der Waals surface area contributed by atoms with Crippen molar-refractivity contribution in [2.45, 2.75) is 38.0 Å². The summed E-state index contributed by atoms with van der Waals surface area (Å²) in [5.74, 6) is -0.271. The van der Waals surface area contributed by atoms with Crippen molar-refractivity contribution >= 4 is 23.2 Å². The van der Waals surface area contributed by atoms with Crippen LogP contribution in [0.25, 0.3) is 0 Å². The van der Waals surface area contributed by atoms with Crippen LogP contribution in [0.1, 0.15) is 31.4 Å². The van der Waals surface area contributed by atoms with Gasteiger partial charge in [-0.15, -0.1) is 0 Å². The molecule has 0 spiro atoms. The van der Waals surface area contributed by atoms with Crippen LogP contribution in [-0.4, -0.2) is 31.1 Å². The summed E-state index contributed by atoms with van der Waals surface area (Å²) in [6.07, 6.45) is 1.53. The van der Waals surface area contributed by atoms with Gasteiger partial charge in [0.2, 0.25) is 5.91 Å². The number of carbonyl (C=O) groups is 2. The minimum absolute atomic E-state index is 0.0499. The quantitative estimate of drug-likeness (QED) is 0.670. The van der Waals surface area contributed by atoms with Crippen LogP contribution >= 0.6 is 0 Å². The fourth-order valence-corrected chi connectivity index (χ4v) is 2.66.